The normalized spacial score (nSPS) is 10.7. The zero-order valence-corrected chi connectivity index (χ0v) is 11.6. The third-order valence-corrected chi connectivity index (χ3v) is 3.66. The van der Waals surface area contributed by atoms with Crippen molar-refractivity contribution >= 4 is 50.0 Å². The molecule has 0 saturated heterocycles. The number of nitrogens with two attached hydrogens (primary N) is 1. The van der Waals surface area contributed by atoms with E-state index in [1.54, 1.807) is 18.2 Å². The minimum atomic E-state index is -0.386. The first-order valence-electron chi connectivity index (χ1n) is 5.58. The molecule has 0 unspecified atom stereocenters. The summed E-state index contributed by atoms with van der Waals surface area (Å²) < 4.78 is 0.899. The highest BCUT2D eigenvalue weighted by Gasteiger charge is 2.11. The lowest BCUT2D eigenvalue weighted by atomic mass is 10.3. The number of halogens is 1. The summed E-state index contributed by atoms with van der Waals surface area (Å²) in [6.45, 7) is 0. The van der Waals surface area contributed by atoms with Crippen molar-refractivity contribution in [3.63, 3.8) is 0 Å². The number of benzene rings is 1. The molecule has 8 heteroatoms. The van der Waals surface area contributed by atoms with E-state index in [1.807, 2.05) is 0 Å². The summed E-state index contributed by atoms with van der Waals surface area (Å²) in [7, 11) is 0. The van der Waals surface area contributed by atoms with E-state index in [4.69, 9.17) is 17.3 Å². The Balaban J connectivity index is 1.85. The van der Waals surface area contributed by atoms with Gasteiger partial charge in [-0.05, 0) is 30.3 Å². The number of nitrogen functional groups attached to an aromatic ring is 1. The van der Waals surface area contributed by atoms with Gasteiger partial charge < -0.3 is 5.73 Å². The maximum Gasteiger partial charge on any atom is 0.277 e. The van der Waals surface area contributed by atoms with Gasteiger partial charge in [-0.25, -0.2) is 4.98 Å². The van der Waals surface area contributed by atoms with Crippen LogP contribution in [0.25, 0.3) is 10.2 Å². The maximum absolute atomic E-state index is 12.0. The maximum atomic E-state index is 12.0. The molecule has 0 aliphatic heterocycles. The molecule has 2 heterocycles. The molecule has 0 spiro atoms. The number of carbonyl (C=O) groups excluding carboxylic acids is 1. The Hall–Kier alpha value is -2.25. The molecule has 0 atom stereocenters. The summed E-state index contributed by atoms with van der Waals surface area (Å²) in [5.41, 5.74) is 6.37. The molecule has 2 aromatic heterocycles. The van der Waals surface area contributed by atoms with Gasteiger partial charge in [0.15, 0.2) is 10.8 Å². The Morgan fingerprint density at radius 2 is 2.10 bits per heavy atom. The third kappa shape index (κ3) is 2.54. The van der Waals surface area contributed by atoms with E-state index in [0.29, 0.717) is 10.2 Å². The van der Waals surface area contributed by atoms with Crippen LogP contribution in [-0.2, 0) is 0 Å². The zero-order valence-electron chi connectivity index (χ0n) is 10.0. The number of nitrogens with zero attached hydrogens (tertiary/aromatic N) is 3. The average Bonchev–Trinajstić information content (AvgIpc) is 2.80. The fourth-order valence-corrected chi connectivity index (χ4v) is 2.71. The van der Waals surface area contributed by atoms with Crippen LogP contribution < -0.4 is 11.1 Å². The standard InChI is InChI=1S/C12H8ClN5OS/c13-6-1-2-7-9(5-6)20-12(15-7)16-11(19)8-3-4-10(14)18-17-8/h1-5H,(H2,14,18)(H,15,16,19). The summed E-state index contributed by atoms with van der Waals surface area (Å²) >= 11 is 7.24. The number of hydrogen-bond acceptors (Lipinski definition) is 6. The second-order valence-corrected chi connectivity index (χ2v) is 5.40. The van der Waals surface area contributed by atoms with Crippen molar-refractivity contribution < 1.29 is 4.79 Å². The van der Waals surface area contributed by atoms with Gasteiger partial charge in [-0.15, -0.1) is 10.2 Å². The van der Waals surface area contributed by atoms with Gasteiger partial charge >= 0.3 is 0 Å². The molecule has 3 N–H and O–H groups in total. The highest BCUT2D eigenvalue weighted by atomic mass is 35.5. The first-order valence-corrected chi connectivity index (χ1v) is 6.78. The number of amides is 1. The molecule has 3 rings (SSSR count). The number of hydrogen-bond donors (Lipinski definition) is 2. The minimum absolute atomic E-state index is 0.177. The molecule has 0 fully saturated rings. The molecule has 0 saturated carbocycles. The zero-order chi connectivity index (χ0) is 14.1. The highest BCUT2D eigenvalue weighted by Crippen LogP contribution is 2.28. The van der Waals surface area contributed by atoms with E-state index in [-0.39, 0.29) is 17.4 Å². The van der Waals surface area contributed by atoms with Gasteiger partial charge in [-0.3, -0.25) is 10.1 Å². The van der Waals surface area contributed by atoms with E-state index in [2.05, 4.69) is 20.5 Å². The molecule has 1 aromatic carbocycles. The van der Waals surface area contributed by atoms with Crippen LogP contribution in [-0.4, -0.2) is 21.1 Å². The van der Waals surface area contributed by atoms with Gasteiger partial charge in [-0.1, -0.05) is 22.9 Å². The van der Waals surface area contributed by atoms with E-state index in [9.17, 15) is 4.79 Å². The van der Waals surface area contributed by atoms with Crippen LogP contribution in [0.3, 0.4) is 0 Å². The predicted molar refractivity (Wildman–Crippen MR) is 79.0 cm³/mol. The van der Waals surface area contributed by atoms with Crippen LogP contribution in [0.1, 0.15) is 10.5 Å². The number of aromatic nitrogens is 3. The molecule has 0 aliphatic rings. The van der Waals surface area contributed by atoms with Gasteiger partial charge in [0.1, 0.15) is 5.82 Å². The quantitative estimate of drug-likeness (QED) is 0.759. The first-order chi connectivity index (χ1) is 9.61. The van der Waals surface area contributed by atoms with Crippen LogP contribution in [0.5, 0.6) is 0 Å². The first kappa shape index (κ1) is 12.8. The second kappa shape index (κ2) is 5.03. The average molecular weight is 306 g/mol. The SMILES string of the molecule is Nc1ccc(C(=O)Nc2nc3ccc(Cl)cc3s2)nn1. The molecule has 0 aliphatic carbocycles. The van der Waals surface area contributed by atoms with Crippen molar-refractivity contribution in [2.24, 2.45) is 0 Å². The van der Waals surface area contributed by atoms with Gasteiger partial charge in [0.2, 0.25) is 0 Å². The molecule has 100 valence electrons. The number of nitrogens with one attached hydrogen (secondary N) is 1. The highest BCUT2D eigenvalue weighted by molar-refractivity contribution is 7.22. The van der Waals surface area contributed by atoms with Crippen molar-refractivity contribution in [3.05, 3.63) is 41.0 Å². The van der Waals surface area contributed by atoms with Gasteiger partial charge in [-0.2, -0.15) is 0 Å². The molecule has 6 nitrogen and oxygen atoms in total. The molecular weight excluding hydrogens is 298 g/mol. The summed E-state index contributed by atoms with van der Waals surface area (Å²) in [4.78, 5) is 16.2. The number of thiazole rings is 1. The van der Waals surface area contributed by atoms with Crippen molar-refractivity contribution in [2.75, 3.05) is 11.1 Å². The predicted octanol–water partition coefficient (Wildman–Crippen LogP) is 2.57. The van der Waals surface area contributed by atoms with Crippen molar-refractivity contribution in [1.29, 1.82) is 0 Å². The fraction of sp³-hybridized carbons (Fsp3) is 0. The van der Waals surface area contributed by atoms with Gasteiger partial charge in [0.25, 0.3) is 5.91 Å². The largest absolute Gasteiger partial charge is 0.382 e. The van der Waals surface area contributed by atoms with Crippen molar-refractivity contribution in [1.82, 2.24) is 15.2 Å². The Labute approximate surface area is 122 Å². The monoisotopic (exact) mass is 305 g/mol. The lowest BCUT2D eigenvalue weighted by Gasteiger charge is -1.99. The van der Waals surface area contributed by atoms with Crippen LogP contribution in [0.4, 0.5) is 10.9 Å². The van der Waals surface area contributed by atoms with E-state index >= 15 is 0 Å². The Morgan fingerprint density at radius 3 is 2.85 bits per heavy atom. The number of fused-ring (bicyclic) bond motifs is 1. The van der Waals surface area contributed by atoms with Crippen LogP contribution in [0.2, 0.25) is 5.02 Å². The molecule has 3 aromatic rings. The summed E-state index contributed by atoms with van der Waals surface area (Å²) in [6.07, 6.45) is 0. The Kier molecular flexibility index (Phi) is 3.21. The smallest absolute Gasteiger partial charge is 0.277 e. The summed E-state index contributed by atoms with van der Waals surface area (Å²) in [5, 5.41) is 11.1. The molecule has 0 bridgehead atoms. The molecular formula is C12H8ClN5OS. The minimum Gasteiger partial charge on any atom is -0.382 e. The number of carbonyl (C=O) groups is 1. The number of rotatable bonds is 2. The molecule has 0 radical (unpaired) electrons. The van der Waals surface area contributed by atoms with Crippen LogP contribution >= 0.6 is 22.9 Å². The topological polar surface area (TPSA) is 93.8 Å². The van der Waals surface area contributed by atoms with E-state index in [1.165, 1.54) is 23.5 Å². The van der Waals surface area contributed by atoms with E-state index in [0.717, 1.165) is 10.2 Å². The molecule has 1 amide bonds. The lowest BCUT2D eigenvalue weighted by molar-refractivity contribution is 0.102. The lowest BCUT2D eigenvalue weighted by Crippen LogP contribution is -2.14. The van der Waals surface area contributed by atoms with Crippen LogP contribution in [0.15, 0.2) is 30.3 Å². The van der Waals surface area contributed by atoms with Crippen molar-refractivity contribution in [3.8, 4) is 0 Å². The summed E-state index contributed by atoms with van der Waals surface area (Å²) in [5.74, 6) is -0.126. The van der Waals surface area contributed by atoms with E-state index < -0.39 is 0 Å². The Bertz CT molecular complexity index is 786. The van der Waals surface area contributed by atoms with Gasteiger partial charge in [0, 0.05) is 5.02 Å². The van der Waals surface area contributed by atoms with Crippen LogP contribution in [0, 0.1) is 0 Å². The second-order valence-electron chi connectivity index (χ2n) is 3.93. The van der Waals surface area contributed by atoms with Crippen molar-refractivity contribution in [2.45, 2.75) is 0 Å². The Morgan fingerprint density at radius 1 is 1.25 bits per heavy atom. The third-order valence-electron chi connectivity index (χ3n) is 2.49. The number of anilines is 2. The fourth-order valence-electron chi connectivity index (χ4n) is 1.58. The summed E-state index contributed by atoms with van der Waals surface area (Å²) in [6, 6.07) is 8.36. The van der Waals surface area contributed by atoms with Gasteiger partial charge in [0.05, 0.1) is 10.2 Å². The molecule has 20 heavy (non-hydrogen) atoms.